The Labute approximate surface area is 135 Å². The average molecular weight is 328 g/mol. The molecule has 0 saturated carbocycles. The van der Waals surface area contributed by atoms with Crippen LogP contribution >= 0.6 is 11.3 Å². The van der Waals surface area contributed by atoms with Crippen molar-refractivity contribution in [3.05, 3.63) is 58.4 Å². The number of thiophene rings is 1. The van der Waals surface area contributed by atoms with Crippen molar-refractivity contribution in [2.24, 2.45) is 0 Å². The minimum atomic E-state index is -0.673. The van der Waals surface area contributed by atoms with Crippen molar-refractivity contribution in [3.63, 3.8) is 0 Å². The Balaban J connectivity index is 1.56. The molecular formula is C16H12N2O4S. The van der Waals surface area contributed by atoms with Crippen LogP contribution in [0.3, 0.4) is 0 Å². The highest BCUT2D eigenvalue weighted by Crippen LogP contribution is 2.15. The topological polar surface area (TPSA) is 88.3 Å². The maximum absolute atomic E-state index is 11.9. The predicted molar refractivity (Wildman–Crippen MR) is 85.4 cm³/mol. The summed E-state index contributed by atoms with van der Waals surface area (Å²) in [6.45, 7) is -0.523. The average Bonchev–Trinajstić information content (AvgIpc) is 3.21. The van der Waals surface area contributed by atoms with Crippen molar-refractivity contribution in [1.82, 2.24) is 10.3 Å². The fraction of sp³-hybridized carbons (Fsp3) is 0.0625. The summed E-state index contributed by atoms with van der Waals surface area (Å²) in [6.07, 6.45) is 0. The van der Waals surface area contributed by atoms with Gasteiger partial charge in [0.15, 0.2) is 6.61 Å². The molecule has 3 aromatic rings. The van der Waals surface area contributed by atoms with E-state index >= 15 is 0 Å². The van der Waals surface area contributed by atoms with E-state index in [1.807, 2.05) is 24.3 Å². The number of aromatic amines is 1. The number of carbonyl (C=O) groups is 3. The summed E-state index contributed by atoms with van der Waals surface area (Å²) in [7, 11) is 0. The summed E-state index contributed by atoms with van der Waals surface area (Å²) in [5.74, 6) is -1.83. The number of imide groups is 1. The first-order chi connectivity index (χ1) is 11.1. The summed E-state index contributed by atoms with van der Waals surface area (Å²) in [6, 6.07) is 12.3. The number of fused-ring (bicyclic) bond motifs is 1. The van der Waals surface area contributed by atoms with Gasteiger partial charge in [-0.15, -0.1) is 11.3 Å². The third kappa shape index (κ3) is 3.46. The fourth-order valence-electron chi connectivity index (χ4n) is 2.02. The summed E-state index contributed by atoms with van der Waals surface area (Å²) in [4.78, 5) is 38.6. The third-order valence-corrected chi connectivity index (χ3v) is 3.95. The molecule has 0 atom stereocenters. The van der Waals surface area contributed by atoms with E-state index in [1.165, 1.54) is 11.3 Å². The lowest BCUT2D eigenvalue weighted by Gasteiger charge is -2.03. The van der Waals surface area contributed by atoms with Gasteiger partial charge in [-0.2, -0.15) is 0 Å². The number of amides is 2. The van der Waals surface area contributed by atoms with Crippen LogP contribution in [-0.2, 0) is 9.53 Å². The molecule has 2 amide bonds. The molecule has 0 fully saturated rings. The number of rotatable bonds is 4. The van der Waals surface area contributed by atoms with Gasteiger partial charge in [-0.3, -0.25) is 14.9 Å². The number of hydrogen-bond donors (Lipinski definition) is 2. The van der Waals surface area contributed by atoms with Gasteiger partial charge in [-0.1, -0.05) is 24.3 Å². The minimum Gasteiger partial charge on any atom is -0.451 e. The van der Waals surface area contributed by atoms with Gasteiger partial charge >= 0.3 is 5.97 Å². The van der Waals surface area contributed by atoms with Crippen LogP contribution in [0.2, 0.25) is 0 Å². The molecule has 2 N–H and O–H groups in total. The first kappa shape index (κ1) is 15.0. The van der Waals surface area contributed by atoms with Gasteiger partial charge in [-0.25, -0.2) is 4.79 Å². The summed E-state index contributed by atoms with van der Waals surface area (Å²) < 4.78 is 4.91. The van der Waals surface area contributed by atoms with Crippen molar-refractivity contribution < 1.29 is 19.1 Å². The summed E-state index contributed by atoms with van der Waals surface area (Å²) in [5.41, 5.74) is 1.06. The zero-order chi connectivity index (χ0) is 16.2. The smallest absolute Gasteiger partial charge is 0.355 e. The van der Waals surface area contributed by atoms with Crippen molar-refractivity contribution in [2.75, 3.05) is 6.61 Å². The Morgan fingerprint density at radius 2 is 1.96 bits per heavy atom. The molecule has 0 aliphatic rings. The number of ether oxygens (including phenoxy) is 1. The normalized spacial score (nSPS) is 10.4. The number of hydrogen-bond acceptors (Lipinski definition) is 5. The van der Waals surface area contributed by atoms with Crippen molar-refractivity contribution >= 4 is 40.0 Å². The summed E-state index contributed by atoms with van der Waals surface area (Å²) >= 11 is 1.22. The Morgan fingerprint density at radius 1 is 1.13 bits per heavy atom. The van der Waals surface area contributed by atoms with Crippen LogP contribution in [0.1, 0.15) is 20.2 Å². The van der Waals surface area contributed by atoms with E-state index in [1.54, 1.807) is 23.6 Å². The van der Waals surface area contributed by atoms with Crippen LogP contribution in [0.25, 0.3) is 10.9 Å². The van der Waals surface area contributed by atoms with Crippen LogP contribution in [0.15, 0.2) is 47.8 Å². The van der Waals surface area contributed by atoms with Gasteiger partial charge in [0.1, 0.15) is 5.69 Å². The molecule has 0 aliphatic heterocycles. The lowest BCUT2D eigenvalue weighted by atomic mass is 10.2. The molecule has 0 radical (unpaired) electrons. The molecule has 6 nitrogen and oxygen atoms in total. The lowest BCUT2D eigenvalue weighted by molar-refractivity contribution is -0.123. The molecule has 0 saturated heterocycles. The highest BCUT2D eigenvalue weighted by atomic mass is 32.1. The molecule has 0 spiro atoms. The molecule has 0 bridgehead atoms. The van der Waals surface area contributed by atoms with E-state index in [0.29, 0.717) is 4.88 Å². The van der Waals surface area contributed by atoms with Crippen LogP contribution in [-0.4, -0.2) is 29.4 Å². The molecule has 1 aromatic carbocycles. The molecule has 2 aromatic heterocycles. The van der Waals surface area contributed by atoms with E-state index < -0.39 is 24.4 Å². The molecule has 3 rings (SSSR count). The van der Waals surface area contributed by atoms with Crippen LogP contribution in [0.4, 0.5) is 0 Å². The van der Waals surface area contributed by atoms with Crippen molar-refractivity contribution in [3.8, 4) is 0 Å². The fourth-order valence-corrected chi connectivity index (χ4v) is 2.64. The first-order valence-electron chi connectivity index (χ1n) is 6.76. The van der Waals surface area contributed by atoms with Gasteiger partial charge in [0, 0.05) is 10.9 Å². The highest BCUT2D eigenvalue weighted by Gasteiger charge is 2.15. The SMILES string of the molecule is O=C(COC(=O)c1cc2ccccc2[nH]1)NC(=O)c1cccs1. The molecule has 0 aliphatic carbocycles. The first-order valence-corrected chi connectivity index (χ1v) is 7.64. The lowest BCUT2D eigenvalue weighted by Crippen LogP contribution is -2.33. The maximum Gasteiger partial charge on any atom is 0.355 e. The van der Waals surface area contributed by atoms with Crippen LogP contribution < -0.4 is 5.32 Å². The Bertz CT molecular complexity index is 834. The zero-order valence-electron chi connectivity index (χ0n) is 11.9. The monoisotopic (exact) mass is 328 g/mol. The zero-order valence-corrected chi connectivity index (χ0v) is 12.7. The third-order valence-electron chi connectivity index (χ3n) is 3.08. The van der Waals surface area contributed by atoms with Crippen LogP contribution in [0.5, 0.6) is 0 Å². The second-order valence-corrected chi connectivity index (χ2v) is 5.65. The van der Waals surface area contributed by atoms with E-state index in [0.717, 1.165) is 10.9 Å². The number of aromatic nitrogens is 1. The van der Waals surface area contributed by atoms with Crippen LogP contribution in [0, 0.1) is 0 Å². The van der Waals surface area contributed by atoms with Gasteiger partial charge in [0.05, 0.1) is 4.88 Å². The second kappa shape index (κ2) is 6.45. The van der Waals surface area contributed by atoms with Gasteiger partial charge in [0.2, 0.25) is 0 Å². The number of esters is 1. The Hall–Kier alpha value is -2.93. The van der Waals surface area contributed by atoms with Crippen molar-refractivity contribution in [2.45, 2.75) is 0 Å². The predicted octanol–water partition coefficient (Wildman–Crippen LogP) is 2.34. The van der Waals surface area contributed by atoms with E-state index in [9.17, 15) is 14.4 Å². The molecule has 2 heterocycles. The second-order valence-electron chi connectivity index (χ2n) is 4.70. The number of nitrogens with one attached hydrogen (secondary N) is 2. The Morgan fingerprint density at radius 3 is 2.70 bits per heavy atom. The van der Waals surface area contributed by atoms with E-state index in [2.05, 4.69) is 10.3 Å². The summed E-state index contributed by atoms with van der Waals surface area (Å²) in [5, 5.41) is 4.76. The molecule has 7 heteroatoms. The largest absolute Gasteiger partial charge is 0.451 e. The van der Waals surface area contributed by atoms with Gasteiger partial charge in [-0.05, 0) is 23.6 Å². The van der Waals surface area contributed by atoms with Gasteiger partial charge in [0.25, 0.3) is 11.8 Å². The number of carbonyl (C=O) groups excluding carboxylic acids is 3. The quantitative estimate of drug-likeness (QED) is 0.720. The molecular weight excluding hydrogens is 316 g/mol. The van der Waals surface area contributed by atoms with Crippen molar-refractivity contribution in [1.29, 1.82) is 0 Å². The maximum atomic E-state index is 11.9. The van der Waals surface area contributed by atoms with Gasteiger partial charge < -0.3 is 9.72 Å². The molecule has 116 valence electrons. The molecule has 0 unspecified atom stereocenters. The standard InChI is InChI=1S/C16H12N2O4S/c19-14(18-15(20)13-6-3-7-23-13)9-22-16(21)12-8-10-4-1-2-5-11(10)17-12/h1-8,17H,9H2,(H,18,19,20). The number of H-pyrrole nitrogens is 1. The van der Waals surface area contributed by atoms with E-state index in [4.69, 9.17) is 4.74 Å². The number of para-hydroxylation sites is 1. The highest BCUT2D eigenvalue weighted by molar-refractivity contribution is 7.12. The Kier molecular flexibility index (Phi) is 4.20. The molecule has 23 heavy (non-hydrogen) atoms. The van der Waals surface area contributed by atoms with E-state index in [-0.39, 0.29) is 5.69 Å². The minimum absolute atomic E-state index is 0.253. The number of benzene rings is 1.